The summed E-state index contributed by atoms with van der Waals surface area (Å²) < 4.78 is 38.1. The Hall–Kier alpha value is -1.97. The van der Waals surface area contributed by atoms with E-state index in [-0.39, 0.29) is 47.5 Å². The number of rotatable bonds is 9. The van der Waals surface area contributed by atoms with Crippen molar-refractivity contribution in [3.8, 4) is 5.75 Å². The average Bonchev–Trinajstić information content (AvgIpc) is 2.61. The fourth-order valence-corrected chi connectivity index (χ4v) is 3.92. The van der Waals surface area contributed by atoms with E-state index in [0.29, 0.717) is 26.1 Å². The number of methoxy groups -OCH3 is 1. The number of imide groups is 1. The third-order valence-corrected chi connectivity index (χ3v) is 5.42. The third-order valence-electron chi connectivity index (χ3n) is 3.94. The average molecular weight is 384 g/mol. The molecule has 2 rings (SSSR count). The zero-order chi connectivity index (χ0) is 19.2. The molecule has 1 aromatic rings. The molecule has 0 bridgehead atoms. The highest BCUT2D eigenvalue weighted by atomic mass is 32.2. The standard InChI is InChI=1S/C17H24N2O6S/c1-3-25-11-5-10-18-26(22,23)15-12-13(8-9-14(15)24-2)19-16(20)6-4-7-17(19)21/h8-9,12,18H,3-7,10-11H2,1-2H3. The largest absolute Gasteiger partial charge is 0.495 e. The van der Waals surface area contributed by atoms with Crippen LogP contribution in [0.5, 0.6) is 5.75 Å². The van der Waals surface area contributed by atoms with E-state index in [1.165, 1.54) is 25.3 Å². The number of ether oxygens (including phenoxy) is 2. The van der Waals surface area contributed by atoms with E-state index < -0.39 is 10.0 Å². The molecule has 1 heterocycles. The second-order valence-electron chi connectivity index (χ2n) is 5.76. The quantitative estimate of drug-likeness (QED) is 0.511. The number of carbonyl (C=O) groups is 2. The lowest BCUT2D eigenvalue weighted by Gasteiger charge is -2.25. The maximum absolute atomic E-state index is 12.6. The number of benzene rings is 1. The molecule has 0 unspecified atom stereocenters. The summed E-state index contributed by atoms with van der Waals surface area (Å²) in [5, 5.41) is 0. The fourth-order valence-electron chi connectivity index (χ4n) is 2.66. The molecule has 26 heavy (non-hydrogen) atoms. The molecule has 1 N–H and O–H groups in total. The van der Waals surface area contributed by atoms with Gasteiger partial charge in [0, 0.05) is 32.6 Å². The minimum Gasteiger partial charge on any atom is -0.495 e. The lowest BCUT2D eigenvalue weighted by molar-refractivity contribution is -0.129. The molecule has 1 fully saturated rings. The first-order valence-electron chi connectivity index (χ1n) is 8.52. The van der Waals surface area contributed by atoms with Crippen molar-refractivity contribution in [1.82, 2.24) is 4.72 Å². The summed E-state index contributed by atoms with van der Waals surface area (Å²) in [7, 11) is -2.50. The van der Waals surface area contributed by atoms with Crippen molar-refractivity contribution in [2.24, 2.45) is 0 Å². The maximum atomic E-state index is 12.6. The van der Waals surface area contributed by atoms with E-state index in [2.05, 4.69) is 4.72 Å². The molecule has 1 aliphatic heterocycles. The molecule has 0 radical (unpaired) electrons. The van der Waals surface area contributed by atoms with Gasteiger partial charge in [-0.3, -0.25) is 14.5 Å². The number of sulfonamides is 1. The van der Waals surface area contributed by atoms with Crippen LogP contribution in [-0.2, 0) is 24.3 Å². The topological polar surface area (TPSA) is 102 Å². The Balaban J connectivity index is 2.26. The highest BCUT2D eigenvalue weighted by molar-refractivity contribution is 7.89. The van der Waals surface area contributed by atoms with Gasteiger partial charge in [0.2, 0.25) is 21.8 Å². The van der Waals surface area contributed by atoms with Crippen molar-refractivity contribution >= 4 is 27.5 Å². The Morgan fingerprint density at radius 2 is 1.88 bits per heavy atom. The van der Waals surface area contributed by atoms with Gasteiger partial charge in [-0.1, -0.05) is 0 Å². The Morgan fingerprint density at radius 1 is 1.19 bits per heavy atom. The van der Waals surface area contributed by atoms with Crippen LogP contribution in [0.2, 0.25) is 0 Å². The minimum absolute atomic E-state index is 0.111. The van der Waals surface area contributed by atoms with Crippen molar-refractivity contribution in [2.45, 2.75) is 37.5 Å². The highest BCUT2D eigenvalue weighted by Gasteiger charge is 2.29. The van der Waals surface area contributed by atoms with E-state index in [1.807, 2.05) is 6.92 Å². The summed E-state index contributed by atoms with van der Waals surface area (Å²) in [5.74, 6) is -0.526. The van der Waals surface area contributed by atoms with Crippen LogP contribution in [0, 0.1) is 0 Å². The van der Waals surface area contributed by atoms with Crippen molar-refractivity contribution < 1.29 is 27.5 Å². The molecule has 0 aromatic heterocycles. The number of carbonyl (C=O) groups excluding carboxylic acids is 2. The summed E-state index contributed by atoms with van der Waals surface area (Å²) >= 11 is 0. The first kappa shape index (κ1) is 20.3. The van der Waals surface area contributed by atoms with E-state index in [1.54, 1.807) is 0 Å². The van der Waals surface area contributed by atoms with Gasteiger partial charge in [0.05, 0.1) is 12.8 Å². The summed E-state index contributed by atoms with van der Waals surface area (Å²) in [6, 6.07) is 4.25. The van der Waals surface area contributed by atoms with Gasteiger partial charge in [-0.2, -0.15) is 0 Å². The van der Waals surface area contributed by atoms with Crippen LogP contribution in [-0.4, -0.2) is 47.1 Å². The van der Waals surface area contributed by atoms with Crippen molar-refractivity contribution in [3.05, 3.63) is 18.2 Å². The van der Waals surface area contributed by atoms with Crippen LogP contribution in [0.25, 0.3) is 0 Å². The molecular formula is C17H24N2O6S. The first-order chi connectivity index (χ1) is 12.4. The number of hydrogen-bond donors (Lipinski definition) is 1. The second kappa shape index (κ2) is 9.11. The first-order valence-corrected chi connectivity index (χ1v) is 10.00. The van der Waals surface area contributed by atoms with Crippen molar-refractivity contribution in [2.75, 3.05) is 31.8 Å². The van der Waals surface area contributed by atoms with Crippen LogP contribution < -0.4 is 14.4 Å². The molecule has 2 amide bonds. The molecule has 0 saturated carbocycles. The van der Waals surface area contributed by atoms with E-state index in [9.17, 15) is 18.0 Å². The molecular weight excluding hydrogens is 360 g/mol. The summed E-state index contributed by atoms with van der Waals surface area (Å²) in [4.78, 5) is 25.1. The van der Waals surface area contributed by atoms with Gasteiger partial charge in [-0.15, -0.1) is 0 Å². The Kier molecular flexibility index (Phi) is 7.13. The Morgan fingerprint density at radius 3 is 2.50 bits per heavy atom. The molecule has 0 spiro atoms. The predicted molar refractivity (Wildman–Crippen MR) is 95.6 cm³/mol. The van der Waals surface area contributed by atoms with Gasteiger partial charge in [0.15, 0.2) is 0 Å². The van der Waals surface area contributed by atoms with Crippen LogP contribution in [0.3, 0.4) is 0 Å². The molecule has 1 saturated heterocycles. The molecule has 0 aliphatic carbocycles. The number of nitrogens with one attached hydrogen (secondary N) is 1. The summed E-state index contributed by atoms with van der Waals surface area (Å²) in [6.07, 6.45) is 1.56. The van der Waals surface area contributed by atoms with E-state index >= 15 is 0 Å². The number of amides is 2. The second-order valence-corrected chi connectivity index (χ2v) is 7.50. The number of anilines is 1. The van der Waals surface area contributed by atoms with E-state index in [4.69, 9.17) is 9.47 Å². The number of nitrogens with zero attached hydrogens (tertiary/aromatic N) is 1. The maximum Gasteiger partial charge on any atom is 0.244 e. The van der Waals surface area contributed by atoms with Gasteiger partial charge < -0.3 is 9.47 Å². The Labute approximate surface area is 153 Å². The molecule has 9 heteroatoms. The molecule has 1 aliphatic rings. The lowest BCUT2D eigenvalue weighted by atomic mass is 10.1. The minimum atomic E-state index is -3.87. The zero-order valence-corrected chi connectivity index (χ0v) is 15.8. The van der Waals surface area contributed by atoms with Crippen LogP contribution in [0.15, 0.2) is 23.1 Å². The van der Waals surface area contributed by atoms with Gasteiger partial charge in [0.1, 0.15) is 10.6 Å². The van der Waals surface area contributed by atoms with Gasteiger partial charge in [0.25, 0.3) is 0 Å². The van der Waals surface area contributed by atoms with E-state index in [0.717, 1.165) is 4.90 Å². The SMILES string of the molecule is CCOCCCNS(=O)(=O)c1cc(N2C(=O)CCCC2=O)ccc1OC. The van der Waals surface area contributed by atoms with Crippen molar-refractivity contribution in [3.63, 3.8) is 0 Å². The fraction of sp³-hybridized carbons (Fsp3) is 0.529. The Bertz CT molecular complexity index is 747. The van der Waals surface area contributed by atoms with Crippen LogP contribution in [0.1, 0.15) is 32.6 Å². The lowest BCUT2D eigenvalue weighted by Crippen LogP contribution is -2.40. The predicted octanol–water partition coefficient (Wildman–Crippen LogP) is 1.44. The summed E-state index contributed by atoms with van der Waals surface area (Å²) in [5.41, 5.74) is 0.232. The highest BCUT2D eigenvalue weighted by Crippen LogP contribution is 2.31. The summed E-state index contributed by atoms with van der Waals surface area (Å²) in [6.45, 7) is 3.09. The number of hydrogen-bond acceptors (Lipinski definition) is 6. The zero-order valence-electron chi connectivity index (χ0n) is 15.0. The van der Waals surface area contributed by atoms with Crippen LogP contribution >= 0.6 is 0 Å². The molecule has 1 aromatic carbocycles. The smallest absolute Gasteiger partial charge is 0.244 e. The van der Waals surface area contributed by atoms with Crippen molar-refractivity contribution in [1.29, 1.82) is 0 Å². The van der Waals surface area contributed by atoms with Gasteiger partial charge >= 0.3 is 0 Å². The van der Waals surface area contributed by atoms with Gasteiger partial charge in [-0.25, -0.2) is 13.1 Å². The third kappa shape index (κ3) is 4.80. The molecule has 144 valence electrons. The van der Waals surface area contributed by atoms with Gasteiger partial charge in [-0.05, 0) is 38.0 Å². The monoisotopic (exact) mass is 384 g/mol. The molecule has 8 nitrogen and oxygen atoms in total. The number of piperidine rings is 1. The molecule has 0 atom stereocenters. The normalized spacial score (nSPS) is 15.4. The van der Waals surface area contributed by atoms with Crippen LogP contribution in [0.4, 0.5) is 5.69 Å².